The van der Waals surface area contributed by atoms with Crippen molar-refractivity contribution in [2.75, 3.05) is 13.2 Å². The Kier molecular flexibility index (Phi) is 6.82. The minimum absolute atomic E-state index is 0.00972. The molecule has 3 amide bonds. The van der Waals surface area contributed by atoms with Crippen LogP contribution in [0.5, 0.6) is 0 Å². The van der Waals surface area contributed by atoms with Gasteiger partial charge in [0, 0.05) is 18.7 Å². The van der Waals surface area contributed by atoms with Gasteiger partial charge >= 0.3 is 11.8 Å². The molecule has 0 fully saturated rings. The first-order valence-corrected chi connectivity index (χ1v) is 6.29. The van der Waals surface area contributed by atoms with Gasteiger partial charge in [-0.1, -0.05) is 0 Å². The second-order valence-corrected chi connectivity index (χ2v) is 4.10. The zero-order valence-electron chi connectivity index (χ0n) is 11.2. The number of unbranched alkanes of at least 4 members (excludes halogenated alkanes) is 1. The van der Waals surface area contributed by atoms with E-state index in [1.54, 1.807) is 0 Å². The van der Waals surface area contributed by atoms with Crippen LogP contribution in [-0.2, 0) is 9.59 Å². The third-order valence-corrected chi connectivity index (χ3v) is 2.47. The Labute approximate surface area is 120 Å². The molecule has 0 heterocycles. The van der Waals surface area contributed by atoms with E-state index in [1.807, 2.05) is 10.9 Å². The molecule has 0 atom stereocenters. The molecule has 0 aliphatic carbocycles. The smallest absolute Gasteiger partial charge is 0.327 e. The van der Waals surface area contributed by atoms with Crippen LogP contribution < -0.4 is 16.2 Å². The number of hydrazine groups is 1. The fraction of sp³-hybridized carbons (Fsp3) is 0.308. The molecule has 1 rings (SSSR count). The number of hydrogen-bond acceptors (Lipinski definition) is 4. The van der Waals surface area contributed by atoms with E-state index in [9.17, 15) is 18.8 Å². The highest BCUT2D eigenvalue weighted by molar-refractivity contribution is 6.35. The summed E-state index contributed by atoms with van der Waals surface area (Å²) >= 11 is 0. The van der Waals surface area contributed by atoms with Crippen LogP contribution >= 0.6 is 0 Å². The fourth-order valence-corrected chi connectivity index (χ4v) is 1.36. The van der Waals surface area contributed by atoms with Crippen LogP contribution in [0.4, 0.5) is 4.39 Å². The lowest BCUT2D eigenvalue weighted by molar-refractivity contribution is -0.139. The first-order chi connectivity index (χ1) is 10.0. The van der Waals surface area contributed by atoms with Crippen LogP contribution in [0.15, 0.2) is 24.3 Å². The predicted molar refractivity (Wildman–Crippen MR) is 71.3 cm³/mol. The summed E-state index contributed by atoms with van der Waals surface area (Å²) in [5.74, 6) is -3.07. The van der Waals surface area contributed by atoms with E-state index < -0.39 is 23.5 Å². The first kappa shape index (κ1) is 16.6. The highest BCUT2D eigenvalue weighted by atomic mass is 19.1. The Morgan fingerprint density at radius 1 is 1.00 bits per heavy atom. The highest BCUT2D eigenvalue weighted by Crippen LogP contribution is 2.01. The summed E-state index contributed by atoms with van der Waals surface area (Å²) in [6, 6.07) is 4.69. The lowest BCUT2D eigenvalue weighted by Gasteiger charge is -2.07. The molecular formula is C13H16FN3O4. The van der Waals surface area contributed by atoms with Crippen LogP contribution in [0.3, 0.4) is 0 Å². The molecule has 0 radical (unpaired) electrons. The third-order valence-electron chi connectivity index (χ3n) is 2.47. The Balaban J connectivity index is 2.33. The zero-order valence-corrected chi connectivity index (χ0v) is 11.2. The molecule has 0 spiro atoms. The third kappa shape index (κ3) is 6.00. The quantitative estimate of drug-likeness (QED) is 0.333. The molecule has 0 aromatic heterocycles. The van der Waals surface area contributed by atoms with E-state index in [1.165, 1.54) is 12.1 Å². The van der Waals surface area contributed by atoms with E-state index in [0.29, 0.717) is 12.8 Å². The van der Waals surface area contributed by atoms with Gasteiger partial charge in [0.15, 0.2) is 0 Å². The maximum absolute atomic E-state index is 12.7. The molecule has 0 saturated carbocycles. The number of nitrogens with one attached hydrogen (secondary N) is 3. The predicted octanol–water partition coefficient (Wildman–Crippen LogP) is -0.525. The van der Waals surface area contributed by atoms with E-state index in [0.717, 1.165) is 12.1 Å². The van der Waals surface area contributed by atoms with Gasteiger partial charge in [0.2, 0.25) is 0 Å². The number of carbonyl (C=O) groups is 3. The lowest BCUT2D eigenvalue weighted by atomic mass is 10.2. The van der Waals surface area contributed by atoms with Crippen LogP contribution in [0.1, 0.15) is 23.2 Å². The molecule has 0 aliphatic heterocycles. The molecule has 7 nitrogen and oxygen atoms in total. The summed E-state index contributed by atoms with van der Waals surface area (Å²) in [7, 11) is 0. The van der Waals surface area contributed by atoms with Crippen molar-refractivity contribution in [1.82, 2.24) is 16.2 Å². The van der Waals surface area contributed by atoms with Crippen LogP contribution in [0, 0.1) is 5.82 Å². The first-order valence-electron chi connectivity index (χ1n) is 6.29. The highest BCUT2D eigenvalue weighted by Gasteiger charge is 2.14. The van der Waals surface area contributed by atoms with E-state index in [2.05, 4.69) is 5.32 Å². The molecule has 8 heteroatoms. The van der Waals surface area contributed by atoms with E-state index in [4.69, 9.17) is 5.11 Å². The Hall–Kier alpha value is -2.48. The minimum atomic E-state index is -1.02. The normalized spacial score (nSPS) is 9.81. The summed E-state index contributed by atoms with van der Waals surface area (Å²) in [6.07, 6.45) is 1.06. The molecular weight excluding hydrogens is 281 g/mol. The van der Waals surface area contributed by atoms with Crippen molar-refractivity contribution >= 4 is 17.7 Å². The van der Waals surface area contributed by atoms with Gasteiger partial charge < -0.3 is 10.4 Å². The summed E-state index contributed by atoms with van der Waals surface area (Å²) in [4.78, 5) is 34.2. The molecule has 0 unspecified atom stereocenters. The van der Waals surface area contributed by atoms with Crippen LogP contribution in [0.2, 0.25) is 0 Å². The summed E-state index contributed by atoms with van der Waals surface area (Å²) in [5, 5.41) is 10.9. The summed E-state index contributed by atoms with van der Waals surface area (Å²) < 4.78 is 12.7. The van der Waals surface area contributed by atoms with E-state index in [-0.39, 0.29) is 18.7 Å². The molecule has 4 N–H and O–H groups in total. The van der Waals surface area contributed by atoms with Crippen molar-refractivity contribution in [3.63, 3.8) is 0 Å². The average Bonchev–Trinajstić information content (AvgIpc) is 2.49. The maximum atomic E-state index is 12.7. The van der Waals surface area contributed by atoms with Gasteiger partial charge in [-0.25, -0.2) is 4.39 Å². The number of rotatable bonds is 5. The number of halogens is 1. The molecule has 0 bridgehead atoms. The molecule has 21 heavy (non-hydrogen) atoms. The van der Waals surface area contributed by atoms with E-state index >= 15 is 0 Å². The second-order valence-electron chi connectivity index (χ2n) is 4.10. The van der Waals surface area contributed by atoms with Gasteiger partial charge in [-0.3, -0.25) is 25.2 Å². The standard InChI is InChI=1S/C13H16FN3O4/c14-10-5-3-9(4-6-10)11(19)16-17-13(21)12(20)15-7-1-2-8-18/h3-6,18H,1-2,7-8H2,(H,15,20)(H,16,19)(H,17,21). The molecule has 0 aliphatic rings. The Morgan fingerprint density at radius 2 is 1.67 bits per heavy atom. The zero-order chi connectivity index (χ0) is 15.7. The van der Waals surface area contributed by atoms with Gasteiger partial charge in [-0.05, 0) is 37.1 Å². The van der Waals surface area contributed by atoms with Gasteiger partial charge in [-0.2, -0.15) is 0 Å². The fourth-order valence-electron chi connectivity index (χ4n) is 1.36. The number of benzene rings is 1. The van der Waals surface area contributed by atoms with Crippen molar-refractivity contribution in [1.29, 1.82) is 0 Å². The number of carbonyl (C=O) groups excluding carboxylic acids is 3. The number of aliphatic hydroxyl groups excluding tert-OH is 1. The number of hydrogen-bond donors (Lipinski definition) is 4. The van der Waals surface area contributed by atoms with Crippen molar-refractivity contribution in [2.45, 2.75) is 12.8 Å². The largest absolute Gasteiger partial charge is 0.396 e. The molecule has 1 aromatic carbocycles. The maximum Gasteiger partial charge on any atom is 0.327 e. The van der Waals surface area contributed by atoms with Gasteiger partial charge in [0.25, 0.3) is 5.91 Å². The van der Waals surface area contributed by atoms with Crippen molar-refractivity contribution in [2.24, 2.45) is 0 Å². The van der Waals surface area contributed by atoms with Crippen molar-refractivity contribution < 1.29 is 23.9 Å². The number of aliphatic hydroxyl groups is 1. The SMILES string of the molecule is O=C(NCCCCO)C(=O)NNC(=O)c1ccc(F)cc1. The monoisotopic (exact) mass is 297 g/mol. The van der Waals surface area contributed by atoms with Gasteiger partial charge in [0.05, 0.1) is 0 Å². The van der Waals surface area contributed by atoms with Crippen LogP contribution in [0.25, 0.3) is 0 Å². The van der Waals surface area contributed by atoms with Crippen LogP contribution in [-0.4, -0.2) is 36.0 Å². The lowest BCUT2D eigenvalue weighted by Crippen LogP contribution is -2.48. The Morgan fingerprint density at radius 3 is 2.29 bits per heavy atom. The molecule has 0 saturated heterocycles. The molecule has 1 aromatic rings. The average molecular weight is 297 g/mol. The van der Waals surface area contributed by atoms with Gasteiger partial charge in [0.1, 0.15) is 5.82 Å². The Bertz CT molecular complexity index is 505. The summed E-state index contributed by atoms with van der Waals surface area (Å²) in [5.41, 5.74) is 4.12. The summed E-state index contributed by atoms with van der Waals surface area (Å²) in [6.45, 7) is 0.258. The topological polar surface area (TPSA) is 108 Å². The second kappa shape index (κ2) is 8.64. The van der Waals surface area contributed by atoms with Gasteiger partial charge in [-0.15, -0.1) is 0 Å². The van der Waals surface area contributed by atoms with Crippen molar-refractivity contribution in [3.05, 3.63) is 35.6 Å². The molecule has 114 valence electrons. The number of amides is 3. The minimum Gasteiger partial charge on any atom is -0.396 e. The van der Waals surface area contributed by atoms with Crippen molar-refractivity contribution in [3.8, 4) is 0 Å².